The lowest BCUT2D eigenvalue weighted by Gasteiger charge is -2.12. The van der Waals surface area contributed by atoms with Crippen molar-refractivity contribution in [3.63, 3.8) is 0 Å². The summed E-state index contributed by atoms with van der Waals surface area (Å²) in [6.07, 6.45) is 0.472. The van der Waals surface area contributed by atoms with Gasteiger partial charge in [-0.15, -0.1) is 0 Å². The fourth-order valence-corrected chi connectivity index (χ4v) is 2.74. The number of rotatable bonds is 5. The maximum Gasteiger partial charge on any atom is 0.232 e. The Morgan fingerprint density at radius 2 is 1.81 bits per heavy atom. The minimum Gasteiger partial charge on any atom is -0.330 e. The number of benzene rings is 1. The van der Waals surface area contributed by atoms with Crippen LogP contribution in [0.25, 0.3) is 0 Å². The molecule has 0 unspecified atom stereocenters. The van der Waals surface area contributed by atoms with E-state index >= 15 is 0 Å². The lowest BCUT2D eigenvalue weighted by atomic mass is 10.1. The number of aryl methyl sites for hydroxylation is 2. The molecule has 0 radical (unpaired) electrons. The number of hydrogen-bond acceptors (Lipinski definition) is 3. The third-order valence-electron chi connectivity index (χ3n) is 2.36. The lowest BCUT2D eigenvalue weighted by molar-refractivity contribution is 0.598. The minimum atomic E-state index is -3.27. The van der Waals surface area contributed by atoms with Gasteiger partial charge in [-0.1, -0.05) is 18.2 Å². The molecule has 1 aromatic rings. The highest BCUT2D eigenvalue weighted by Gasteiger charge is 2.12. The van der Waals surface area contributed by atoms with E-state index in [0.29, 0.717) is 18.7 Å². The van der Waals surface area contributed by atoms with E-state index in [1.54, 1.807) is 0 Å². The Morgan fingerprint density at radius 1 is 1.25 bits per heavy atom. The Bertz CT molecular complexity index is 435. The molecule has 0 aromatic heterocycles. The largest absolute Gasteiger partial charge is 0.330 e. The van der Waals surface area contributed by atoms with Crippen LogP contribution in [0.3, 0.4) is 0 Å². The maximum absolute atomic E-state index is 11.7. The summed E-state index contributed by atoms with van der Waals surface area (Å²) in [6.45, 7) is 4.15. The fraction of sp³-hybridized carbons (Fsp3) is 0.455. The summed E-state index contributed by atoms with van der Waals surface area (Å²) < 4.78 is 26.0. The molecule has 0 bridgehead atoms. The number of sulfonamides is 1. The molecule has 0 saturated carbocycles. The fourth-order valence-electron chi connectivity index (χ4n) is 1.46. The molecule has 0 saturated heterocycles. The number of para-hydroxylation sites is 1. The van der Waals surface area contributed by atoms with Crippen LogP contribution in [0.1, 0.15) is 17.5 Å². The van der Waals surface area contributed by atoms with Gasteiger partial charge in [-0.3, -0.25) is 4.72 Å². The molecule has 0 aliphatic carbocycles. The standard InChI is InChI=1S/C11H18N2O2S/c1-9-5-3-6-10(2)11(9)13-16(14,15)8-4-7-12/h3,5-6,13H,4,7-8,12H2,1-2H3. The van der Waals surface area contributed by atoms with Gasteiger partial charge in [0.05, 0.1) is 11.4 Å². The van der Waals surface area contributed by atoms with Crippen molar-refractivity contribution in [1.29, 1.82) is 0 Å². The van der Waals surface area contributed by atoms with E-state index in [9.17, 15) is 8.42 Å². The smallest absolute Gasteiger partial charge is 0.232 e. The van der Waals surface area contributed by atoms with Gasteiger partial charge in [0.15, 0.2) is 0 Å². The SMILES string of the molecule is Cc1cccc(C)c1NS(=O)(=O)CCCN. The van der Waals surface area contributed by atoms with Gasteiger partial charge in [-0.05, 0) is 37.9 Å². The number of nitrogens with two attached hydrogens (primary N) is 1. The zero-order valence-corrected chi connectivity index (χ0v) is 10.5. The summed E-state index contributed by atoms with van der Waals surface area (Å²) in [5.74, 6) is 0.0667. The maximum atomic E-state index is 11.7. The summed E-state index contributed by atoms with van der Waals surface area (Å²) in [5.41, 5.74) is 7.83. The van der Waals surface area contributed by atoms with E-state index in [0.717, 1.165) is 11.1 Å². The molecule has 0 fully saturated rings. The van der Waals surface area contributed by atoms with Crippen LogP contribution in [0.4, 0.5) is 5.69 Å². The van der Waals surface area contributed by atoms with Crippen LogP contribution < -0.4 is 10.5 Å². The summed E-state index contributed by atoms with van der Waals surface area (Å²) in [5, 5.41) is 0. The highest BCUT2D eigenvalue weighted by Crippen LogP contribution is 2.20. The second-order valence-corrected chi connectivity index (χ2v) is 5.67. The predicted molar refractivity (Wildman–Crippen MR) is 67.0 cm³/mol. The van der Waals surface area contributed by atoms with E-state index < -0.39 is 10.0 Å². The highest BCUT2D eigenvalue weighted by molar-refractivity contribution is 7.92. The molecule has 3 N–H and O–H groups in total. The van der Waals surface area contributed by atoms with Crippen LogP contribution >= 0.6 is 0 Å². The van der Waals surface area contributed by atoms with Gasteiger partial charge in [-0.25, -0.2) is 8.42 Å². The van der Waals surface area contributed by atoms with E-state index in [-0.39, 0.29) is 5.75 Å². The van der Waals surface area contributed by atoms with E-state index in [1.807, 2.05) is 32.0 Å². The first-order chi connectivity index (χ1) is 7.46. The molecule has 4 nitrogen and oxygen atoms in total. The van der Waals surface area contributed by atoms with Crippen LogP contribution in [0.15, 0.2) is 18.2 Å². The second kappa shape index (κ2) is 5.32. The summed E-state index contributed by atoms with van der Waals surface area (Å²) >= 11 is 0. The van der Waals surface area contributed by atoms with Crippen molar-refractivity contribution >= 4 is 15.7 Å². The van der Waals surface area contributed by atoms with Crippen molar-refractivity contribution < 1.29 is 8.42 Å². The van der Waals surface area contributed by atoms with Crippen molar-refractivity contribution in [2.75, 3.05) is 17.0 Å². The van der Waals surface area contributed by atoms with Gasteiger partial charge in [0, 0.05) is 0 Å². The normalized spacial score (nSPS) is 11.4. The zero-order valence-electron chi connectivity index (χ0n) is 9.66. The Morgan fingerprint density at radius 3 is 2.31 bits per heavy atom. The topological polar surface area (TPSA) is 72.2 Å². The number of anilines is 1. The number of nitrogens with one attached hydrogen (secondary N) is 1. The molecule has 0 spiro atoms. The number of hydrogen-bond donors (Lipinski definition) is 2. The molecule has 1 rings (SSSR count). The molecule has 0 atom stereocenters. The predicted octanol–water partition coefficient (Wildman–Crippen LogP) is 1.39. The second-order valence-electron chi connectivity index (χ2n) is 3.83. The summed E-state index contributed by atoms with van der Waals surface area (Å²) in [6, 6.07) is 5.67. The Balaban J connectivity index is 2.88. The molecule has 1 aromatic carbocycles. The highest BCUT2D eigenvalue weighted by atomic mass is 32.2. The van der Waals surface area contributed by atoms with Crippen molar-refractivity contribution in [3.05, 3.63) is 29.3 Å². The summed E-state index contributed by atoms with van der Waals surface area (Å²) in [4.78, 5) is 0. The van der Waals surface area contributed by atoms with Gasteiger partial charge in [0.1, 0.15) is 0 Å². The van der Waals surface area contributed by atoms with Crippen LogP contribution in [0.5, 0.6) is 0 Å². The van der Waals surface area contributed by atoms with Crippen molar-refractivity contribution in [1.82, 2.24) is 0 Å². The van der Waals surface area contributed by atoms with E-state index in [4.69, 9.17) is 5.73 Å². The van der Waals surface area contributed by atoms with E-state index in [1.165, 1.54) is 0 Å². The molecule has 0 aliphatic heterocycles. The molecule has 0 aliphatic rings. The molecular weight excluding hydrogens is 224 g/mol. The van der Waals surface area contributed by atoms with Gasteiger partial charge in [0.25, 0.3) is 0 Å². The van der Waals surface area contributed by atoms with Crippen LogP contribution in [-0.2, 0) is 10.0 Å². The summed E-state index contributed by atoms with van der Waals surface area (Å²) in [7, 11) is -3.27. The van der Waals surface area contributed by atoms with Crippen molar-refractivity contribution in [2.45, 2.75) is 20.3 Å². The monoisotopic (exact) mass is 242 g/mol. The third kappa shape index (κ3) is 3.50. The molecular formula is C11H18N2O2S. The van der Waals surface area contributed by atoms with Gasteiger partial charge in [-0.2, -0.15) is 0 Å². The van der Waals surface area contributed by atoms with Gasteiger partial charge >= 0.3 is 0 Å². The van der Waals surface area contributed by atoms with Crippen LogP contribution in [0.2, 0.25) is 0 Å². The lowest BCUT2D eigenvalue weighted by Crippen LogP contribution is -2.20. The third-order valence-corrected chi connectivity index (χ3v) is 3.70. The van der Waals surface area contributed by atoms with Gasteiger partial charge in [0.2, 0.25) is 10.0 Å². The average molecular weight is 242 g/mol. The van der Waals surface area contributed by atoms with Crippen molar-refractivity contribution in [3.8, 4) is 0 Å². The van der Waals surface area contributed by atoms with Crippen LogP contribution in [-0.4, -0.2) is 20.7 Å². The van der Waals surface area contributed by atoms with Crippen molar-refractivity contribution in [2.24, 2.45) is 5.73 Å². The Labute approximate surface area is 96.9 Å². The molecule has 90 valence electrons. The van der Waals surface area contributed by atoms with Gasteiger partial charge < -0.3 is 5.73 Å². The Hall–Kier alpha value is -1.07. The molecule has 5 heteroatoms. The minimum absolute atomic E-state index is 0.0667. The first-order valence-corrected chi connectivity index (χ1v) is 6.88. The first kappa shape index (κ1) is 13.0. The molecule has 0 amide bonds. The quantitative estimate of drug-likeness (QED) is 0.819. The zero-order chi connectivity index (χ0) is 12.2. The molecule has 16 heavy (non-hydrogen) atoms. The molecule has 0 heterocycles. The average Bonchev–Trinajstić information content (AvgIpc) is 2.21. The van der Waals surface area contributed by atoms with E-state index in [2.05, 4.69) is 4.72 Å². The van der Waals surface area contributed by atoms with Crippen LogP contribution in [0, 0.1) is 13.8 Å². The Kier molecular flexibility index (Phi) is 4.32. The first-order valence-electron chi connectivity index (χ1n) is 5.23.